The van der Waals surface area contributed by atoms with Gasteiger partial charge in [-0.1, -0.05) is 31.2 Å². The molecule has 1 aromatic carbocycles. The van der Waals surface area contributed by atoms with E-state index < -0.39 is 6.10 Å². The van der Waals surface area contributed by atoms with E-state index in [-0.39, 0.29) is 0 Å². The Hall–Kier alpha value is -1.19. The number of benzene rings is 1. The Morgan fingerprint density at radius 3 is 2.88 bits per heavy atom. The predicted octanol–water partition coefficient (Wildman–Crippen LogP) is 3.29. The SMILES string of the molecule is CCc1cccc(C(O)Cc2nc(C)cs2)c1. The van der Waals surface area contributed by atoms with Crippen molar-refractivity contribution in [3.63, 3.8) is 0 Å². The van der Waals surface area contributed by atoms with E-state index in [1.54, 1.807) is 11.3 Å². The number of thiazole rings is 1. The molecule has 3 heteroatoms. The van der Waals surface area contributed by atoms with Gasteiger partial charge < -0.3 is 5.11 Å². The van der Waals surface area contributed by atoms with Gasteiger partial charge in [0.05, 0.1) is 11.1 Å². The third-order valence-corrected chi connectivity index (χ3v) is 3.77. The van der Waals surface area contributed by atoms with Crippen LogP contribution in [0.4, 0.5) is 0 Å². The van der Waals surface area contributed by atoms with Crippen LogP contribution < -0.4 is 0 Å². The van der Waals surface area contributed by atoms with Crippen LogP contribution in [0.1, 0.15) is 34.9 Å². The second-order valence-electron chi connectivity index (χ2n) is 4.20. The molecule has 0 bridgehead atoms. The molecule has 0 amide bonds. The van der Waals surface area contributed by atoms with Crippen molar-refractivity contribution in [3.05, 3.63) is 51.5 Å². The van der Waals surface area contributed by atoms with Crippen LogP contribution in [0, 0.1) is 6.92 Å². The average Bonchev–Trinajstić information content (AvgIpc) is 2.75. The standard InChI is InChI=1S/C14H17NOS/c1-3-11-5-4-6-12(7-11)13(16)8-14-15-10(2)9-17-14/h4-7,9,13,16H,3,8H2,1-2H3. The van der Waals surface area contributed by atoms with Crippen LogP contribution in [0.2, 0.25) is 0 Å². The van der Waals surface area contributed by atoms with Gasteiger partial charge in [0.15, 0.2) is 0 Å². The molecule has 2 aromatic rings. The summed E-state index contributed by atoms with van der Waals surface area (Å²) in [5, 5.41) is 13.2. The topological polar surface area (TPSA) is 33.1 Å². The van der Waals surface area contributed by atoms with Gasteiger partial charge in [0.2, 0.25) is 0 Å². The molecule has 0 saturated heterocycles. The number of aliphatic hydroxyl groups excluding tert-OH is 1. The van der Waals surface area contributed by atoms with Crippen molar-refractivity contribution in [1.29, 1.82) is 0 Å². The summed E-state index contributed by atoms with van der Waals surface area (Å²) in [6, 6.07) is 8.14. The second kappa shape index (κ2) is 5.43. The van der Waals surface area contributed by atoms with Crippen molar-refractivity contribution >= 4 is 11.3 Å². The van der Waals surface area contributed by atoms with Crippen LogP contribution in [0.15, 0.2) is 29.6 Å². The summed E-state index contributed by atoms with van der Waals surface area (Å²) in [6.45, 7) is 4.10. The van der Waals surface area contributed by atoms with E-state index >= 15 is 0 Å². The van der Waals surface area contributed by atoms with Gasteiger partial charge in [0.25, 0.3) is 0 Å². The summed E-state index contributed by atoms with van der Waals surface area (Å²) in [5.74, 6) is 0. The number of rotatable bonds is 4. The third kappa shape index (κ3) is 3.14. The predicted molar refractivity (Wildman–Crippen MR) is 71.3 cm³/mol. The molecule has 0 spiro atoms. The lowest BCUT2D eigenvalue weighted by Crippen LogP contribution is -2.02. The summed E-state index contributed by atoms with van der Waals surface area (Å²) in [6.07, 6.45) is 1.15. The van der Waals surface area contributed by atoms with Gasteiger partial charge in [-0.25, -0.2) is 4.98 Å². The minimum Gasteiger partial charge on any atom is -0.388 e. The maximum Gasteiger partial charge on any atom is 0.0957 e. The van der Waals surface area contributed by atoms with Crippen molar-refractivity contribution in [2.75, 3.05) is 0 Å². The van der Waals surface area contributed by atoms with Gasteiger partial charge in [-0.3, -0.25) is 0 Å². The summed E-state index contributed by atoms with van der Waals surface area (Å²) in [5.41, 5.74) is 3.27. The molecule has 2 nitrogen and oxygen atoms in total. The molecule has 2 rings (SSSR count). The largest absolute Gasteiger partial charge is 0.388 e. The highest BCUT2D eigenvalue weighted by Gasteiger charge is 2.11. The Bertz CT molecular complexity index is 492. The molecule has 1 unspecified atom stereocenters. The fourth-order valence-electron chi connectivity index (χ4n) is 1.80. The van der Waals surface area contributed by atoms with Crippen LogP contribution in [-0.2, 0) is 12.8 Å². The maximum absolute atomic E-state index is 10.2. The normalized spacial score (nSPS) is 12.6. The molecule has 90 valence electrons. The molecule has 0 radical (unpaired) electrons. The van der Waals surface area contributed by atoms with Crippen molar-refractivity contribution < 1.29 is 5.11 Å². The Morgan fingerprint density at radius 1 is 1.41 bits per heavy atom. The Morgan fingerprint density at radius 2 is 2.24 bits per heavy atom. The van der Waals surface area contributed by atoms with E-state index in [0.717, 1.165) is 22.7 Å². The number of aliphatic hydroxyl groups is 1. The Kier molecular flexibility index (Phi) is 3.92. The van der Waals surface area contributed by atoms with Crippen molar-refractivity contribution in [2.45, 2.75) is 32.8 Å². The van der Waals surface area contributed by atoms with Crippen LogP contribution in [-0.4, -0.2) is 10.1 Å². The molecule has 0 saturated carbocycles. The number of nitrogens with zero attached hydrogens (tertiary/aromatic N) is 1. The first-order valence-electron chi connectivity index (χ1n) is 5.87. The van der Waals surface area contributed by atoms with Gasteiger partial charge >= 0.3 is 0 Å². The number of hydrogen-bond donors (Lipinski definition) is 1. The van der Waals surface area contributed by atoms with Crippen molar-refractivity contribution in [3.8, 4) is 0 Å². The Balaban J connectivity index is 2.11. The highest BCUT2D eigenvalue weighted by molar-refractivity contribution is 7.09. The van der Waals surface area contributed by atoms with Crippen LogP contribution in [0.5, 0.6) is 0 Å². The highest BCUT2D eigenvalue weighted by Crippen LogP contribution is 2.21. The van der Waals surface area contributed by atoms with Crippen LogP contribution in [0.25, 0.3) is 0 Å². The first-order chi connectivity index (χ1) is 8.19. The zero-order chi connectivity index (χ0) is 12.3. The van der Waals surface area contributed by atoms with E-state index in [9.17, 15) is 5.11 Å². The number of aryl methyl sites for hydroxylation is 2. The summed E-state index contributed by atoms with van der Waals surface area (Å²) in [7, 11) is 0. The lowest BCUT2D eigenvalue weighted by molar-refractivity contribution is 0.178. The van der Waals surface area contributed by atoms with Gasteiger partial charge in [-0.15, -0.1) is 11.3 Å². The maximum atomic E-state index is 10.2. The molecular weight excluding hydrogens is 230 g/mol. The van der Waals surface area contributed by atoms with Gasteiger partial charge in [-0.2, -0.15) is 0 Å². The lowest BCUT2D eigenvalue weighted by atomic mass is 10.0. The first kappa shape index (κ1) is 12.3. The van der Waals surface area contributed by atoms with E-state index in [4.69, 9.17) is 0 Å². The summed E-state index contributed by atoms with van der Waals surface area (Å²) >= 11 is 1.61. The molecule has 0 aliphatic heterocycles. The van der Waals surface area contributed by atoms with Gasteiger partial charge in [-0.05, 0) is 24.5 Å². The molecule has 1 heterocycles. The van der Waals surface area contributed by atoms with Crippen LogP contribution >= 0.6 is 11.3 Å². The zero-order valence-corrected chi connectivity index (χ0v) is 11.0. The fourth-order valence-corrected chi connectivity index (χ4v) is 2.61. The summed E-state index contributed by atoms with van der Waals surface area (Å²) < 4.78 is 0. The summed E-state index contributed by atoms with van der Waals surface area (Å²) in [4.78, 5) is 4.38. The average molecular weight is 247 g/mol. The molecule has 0 fully saturated rings. The molecule has 1 N–H and O–H groups in total. The molecule has 1 atom stereocenters. The number of aromatic nitrogens is 1. The second-order valence-corrected chi connectivity index (χ2v) is 5.14. The van der Waals surface area contributed by atoms with Crippen molar-refractivity contribution in [2.24, 2.45) is 0 Å². The molecule has 17 heavy (non-hydrogen) atoms. The molecule has 1 aromatic heterocycles. The van der Waals surface area contributed by atoms with E-state index in [0.29, 0.717) is 6.42 Å². The highest BCUT2D eigenvalue weighted by atomic mass is 32.1. The smallest absolute Gasteiger partial charge is 0.0957 e. The first-order valence-corrected chi connectivity index (χ1v) is 6.75. The van der Waals surface area contributed by atoms with E-state index in [1.807, 2.05) is 24.4 Å². The van der Waals surface area contributed by atoms with E-state index in [1.165, 1.54) is 5.56 Å². The lowest BCUT2D eigenvalue weighted by Gasteiger charge is -2.10. The fraction of sp³-hybridized carbons (Fsp3) is 0.357. The molecule has 0 aliphatic rings. The monoisotopic (exact) mass is 247 g/mol. The third-order valence-electron chi connectivity index (χ3n) is 2.78. The molecular formula is C14H17NOS. The Labute approximate surface area is 106 Å². The van der Waals surface area contributed by atoms with Gasteiger partial charge in [0, 0.05) is 17.5 Å². The van der Waals surface area contributed by atoms with Crippen LogP contribution in [0.3, 0.4) is 0 Å². The minimum absolute atomic E-state index is 0.452. The minimum atomic E-state index is -0.452. The zero-order valence-electron chi connectivity index (χ0n) is 10.2. The van der Waals surface area contributed by atoms with E-state index in [2.05, 4.69) is 24.0 Å². The van der Waals surface area contributed by atoms with Crippen molar-refractivity contribution in [1.82, 2.24) is 4.98 Å². The quantitative estimate of drug-likeness (QED) is 0.899. The van der Waals surface area contributed by atoms with Gasteiger partial charge in [0.1, 0.15) is 0 Å². The number of hydrogen-bond acceptors (Lipinski definition) is 3. The molecule has 0 aliphatic carbocycles.